The number of amides is 1. The number of benzene rings is 1. The van der Waals surface area contributed by atoms with Crippen molar-refractivity contribution < 1.29 is 23.7 Å². The number of anilines is 2. The molecular weight excluding hydrogens is 512 g/mol. The first kappa shape index (κ1) is 25.6. The van der Waals surface area contributed by atoms with Crippen LogP contribution in [0.4, 0.5) is 11.6 Å². The molecule has 0 radical (unpaired) electrons. The molecule has 0 saturated carbocycles. The van der Waals surface area contributed by atoms with Gasteiger partial charge >= 0.3 is 0 Å². The molecule has 11 heteroatoms. The number of hydrogen-bond acceptors (Lipinski definition) is 10. The van der Waals surface area contributed by atoms with Gasteiger partial charge in [0, 0.05) is 37.1 Å². The van der Waals surface area contributed by atoms with Crippen LogP contribution in [-0.4, -0.2) is 64.8 Å². The molecule has 3 aromatic rings. The van der Waals surface area contributed by atoms with E-state index in [4.69, 9.17) is 18.9 Å². The number of hydrogen-bond donors (Lipinski definition) is 1. The standard InChI is InChI=1S/C29H28N6O5/c1-37-28-23(29(36)35-15-22-4-3-20(35)16-39-22)5-7-26(34-28)33-27-13-24(31-17-32-27)18-2-6-25(19(12-18)14-30)40-21-8-10-38-11-9-21/h2,5-7,12-13,15,17,20-21H,3-4,8-11,16H2,1H3,(H,31,32,33,34). The van der Waals surface area contributed by atoms with Crippen molar-refractivity contribution in [2.24, 2.45) is 0 Å². The van der Waals surface area contributed by atoms with E-state index < -0.39 is 0 Å². The van der Waals surface area contributed by atoms with Gasteiger partial charge in [0.15, 0.2) is 0 Å². The van der Waals surface area contributed by atoms with Crippen molar-refractivity contribution in [1.29, 1.82) is 5.26 Å². The van der Waals surface area contributed by atoms with E-state index in [-0.39, 0.29) is 23.9 Å². The second kappa shape index (κ2) is 11.2. The van der Waals surface area contributed by atoms with Gasteiger partial charge < -0.3 is 29.2 Å². The van der Waals surface area contributed by atoms with Crippen LogP contribution in [0, 0.1) is 11.3 Å². The van der Waals surface area contributed by atoms with Crippen LogP contribution >= 0.6 is 0 Å². The molecule has 2 aromatic heterocycles. The summed E-state index contributed by atoms with van der Waals surface area (Å²) in [5.74, 6) is 2.36. The summed E-state index contributed by atoms with van der Waals surface area (Å²) in [6.45, 7) is 1.83. The minimum Gasteiger partial charge on any atom is -0.494 e. The van der Waals surface area contributed by atoms with Crippen LogP contribution < -0.4 is 14.8 Å². The fourth-order valence-electron chi connectivity index (χ4n) is 5.01. The van der Waals surface area contributed by atoms with Crippen molar-refractivity contribution in [2.45, 2.75) is 37.8 Å². The summed E-state index contributed by atoms with van der Waals surface area (Å²) in [6, 6.07) is 12.8. The zero-order valence-corrected chi connectivity index (χ0v) is 22.0. The number of carbonyl (C=O) groups is 1. The lowest BCUT2D eigenvalue weighted by Crippen LogP contribution is -2.45. The Hall–Kier alpha value is -4.69. The molecule has 204 valence electrons. The average molecular weight is 541 g/mol. The van der Waals surface area contributed by atoms with Crippen LogP contribution in [0.1, 0.15) is 41.6 Å². The lowest BCUT2D eigenvalue weighted by molar-refractivity contribution is 0.0254. The minimum absolute atomic E-state index is 0.0102. The first-order valence-corrected chi connectivity index (χ1v) is 13.2. The molecule has 40 heavy (non-hydrogen) atoms. The molecule has 0 spiro atoms. The number of nitrogens with zero attached hydrogens (tertiary/aromatic N) is 5. The summed E-state index contributed by atoms with van der Waals surface area (Å²) < 4.78 is 22.5. The monoisotopic (exact) mass is 540 g/mol. The molecule has 1 N–H and O–H groups in total. The number of nitriles is 1. The number of rotatable bonds is 7. The largest absolute Gasteiger partial charge is 0.494 e. The van der Waals surface area contributed by atoms with Gasteiger partial charge in [0.05, 0.1) is 37.6 Å². The first-order valence-electron chi connectivity index (χ1n) is 13.2. The smallest absolute Gasteiger partial charge is 0.263 e. The van der Waals surface area contributed by atoms with E-state index in [1.807, 2.05) is 6.07 Å². The summed E-state index contributed by atoms with van der Waals surface area (Å²) >= 11 is 0. The van der Waals surface area contributed by atoms with E-state index in [0.29, 0.717) is 54.0 Å². The van der Waals surface area contributed by atoms with Gasteiger partial charge in [-0.15, -0.1) is 0 Å². The van der Waals surface area contributed by atoms with Crippen LogP contribution in [0.15, 0.2) is 54.7 Å². The molecule has 2 fully saturated rings. The Bertz CT molecular complexity index is 1490. The van der Waals surface area contributed by atoms with Crippen LogP contribution in [0.3, 0.4) is 0 Å². The van der Waals surface area contributed by atoms with Gasteiger partial charge in [-0.3, -0.25) is 4.79 Å². The maximum absolute atomic E-state index is 13.3. The van der Waals surface area contributed by atoms with Crippen molar-refractivity contribution in [2.75, 3.05) is 32.2 Å². The number of pyridine rings is 1. The zero-order chi connectivity index (χ0) is 27.5. The molecule has 2 bridgehead atoms. The number of ether oxygens (including phenoxy) is 4. The normalized spacial score (nSPS) is 18.4. The van der Waals surface area contributed by atoms with E-state index in [1.54, 1.807) is 41.4 Å². The fourth-order valence-corrected chi connectivity index (χ4v) is 5.01. The Morgan fingerprint density at radius 1 is 1.12 bits per heavy atom. The van der Waals surface area contributed by atoms with Gasteiger partial charge in [0.25, 0.3) is 5.91 Å². The molecule has 4 aliphatic rings. The molecule has 1 unspecified atom stereocenters. The number of carbonyl (C=O) groups excluding carboxylic acids is 1. The van der Waals surface area contributed by atoms with Crippen LogP contribution in [0.2, 0.25) is 0 Å². The molecule has 0 aliphatic carbocycles. The second-order valence-corrected chi connectivity index (χ2v) is 9.73. The van der Waals surface area contributed by atoms with Crippen molar-refractivity contribution in [1.82, 2.24) is 19.9 Å². The highest BCUT2D eigenvalue weighted by atomic mass is 16.5. The maximum Gasteiger partial charge on any atom is 0.263 e. The van der Waals surface area contributed by atoms with E-state index in [0.717, 1.165) is 37.0 Å². The van der Waals surface area contributed by atoms with E-state index in [2.05, 4.69) is 26.3 Å². The van der Waals surface area contributed by atoms with Crippen LogP contribution in [-0.2, 0) is 9.47 Å². The van der Waals surface area contributed by atoms with Gasteiger partial charge in [0.2, 0.25) is 5.88 Å². The van der Waals surface area contributed by atoms with Crippen molar-refractivity contribution in [3.63, 3.8) is 0 Å². The maximum atomic E-state index is 13.3. The highest BCUT2D eigenvalue weighted by molar-refractivity contribution is 5.97. The van der Waals surface area contributed by atoms with Crippen molar-refractivity contribution in [3.05, 3.63) is 65.8 Å². The third kappa shape index (κ3) is 5.26. The van der Waals surface area contributed by atoms with Crippen LogP contribution in [0.25, 0.3) is 11.3 Å². The van der Waals surface area contributed by atoms with Gasteiger partial charge in [-0.05, 0) is 36.8 Å². The molecule has 2 saturated heterocycles. The highest BCUT2D eigenvalue weighted by Gasteiger charge is 2.34. The summed E-state index contributed by atoms with van der Waals surface area (Å²) in [7, 11) is 1.48. The molecule has 1 aromatic carbocycles. The molecular formula is C29H28N6O5. The van der Waals surface area contributed by atoms with Crippen molar-refractivity contribution >= 4 is 17.5 Å². The number of fused-ring (bicyclic) bond motifs is 3. The summed E-state index contributed by atoms with van der Waals surface area (Å²) in [5.41, 5.74) is 2.18. The SMILES string of the molecule is COc1nc(Nc2cc(-c3ccc(OC4CCOCC4)c(C#N)c3)ncn2)ccc1C(=O)N1C=C2CCC1CO2. The molecule has 1 amide bonds. The molecule has 7 rings (SSSR count). The Kier molecular flexibility index (Phi) is 7.16. The number of nitrogens with one attached hydrogen (secondary N) is 1. The molecule has 6 heterocycles. The lowest BCUT2D eigenvalue weighted by atomic mass is 10.0. The molecule has 1 atom stereocenters. The summed E-state index contributed by atoms with van der Waals surface area (Å²) in [6.07, 6.45) is 6.57. The Balaban J connectivity index is 1.19. The quantitative estimate of drug-likeness (QED) is 0.465. The highest BCUT2D eigenvalue weighted by Crippen LogP contribution is 2.32. The van der Waals surface area contributed by atoms with Gasteiger partial charge in [-0.1, -0.05) is 0 Å². The summed E-state index contributed by atoms with van der Waals surface area (Å²) in [5, 5.41) is 12.9. The Morgan fingerprint density at radius 3 is 2.73 bits per heavy atom. The Morgan fingerprint density at radius 2 is 2.00 bits per heavy atom. The predicted octanol–water partition coefficient (Wildman–Crippen LogP) is 4.20. The molecule has 11 nitrogen and oxygen atoms in total. The topological polar surface area (TPSA) is 132 Å². The fraction of sp³-hybridized carbons (Fsp3) is 0.345. The third-order valence-electron chi connectivity index (χ3n) is 7.16. The number of methoxy groups -OCH3 is 1. The van der Waals surface area contributed by atoms with Gasteiger partial charge in [-0.25, -0.2) is 9.97 Å². The second-order valence-electron chi connectivity index (χ2n) is 9.73. The lowest BCUT2D eigenvalue weighted by Gasteiger charge is -2.38. The number of allylic oxidation sites excluding steroid dienone is 1. The predicted molar refractivity (Wildman–Crippen MR) is 144 cm³/mol. The molecule has 4 aliphatic heterocycles. The van der Waals surface area contributed by atoms with E-state index in [9.17, 15) is 10.1 Å². The van der Waals surface area contributed by atoms with Gasteiger partial charge in [-0.2, -0.15) is 10.2 Å². The van der Waals surface area contributed by atoms with Crippen LogP contribution in [0.5, 0.6) is 11.6 Å². The number of aromatic nitrogens is 3. The van der Waals surface area contributed by atoms with E-state index in [1.165, 1.54) is 13.4 Å². The Labute approximate surface area is 231 Å². The van der Waals surface area contributed by atoms with Crippen molar-refractivity contribution in [3.8, 4) is 29.0 Å². The minimum atomic E-state index is -0.178. The average Bonchev–Trinajstić information content (AvgIpc) is 3.02. The van der Waals surface area contributed by atoms with E-state index >= 15 is 0 Å². The first-order chi connectivity index (χ1) is 19.6. The third-order valence-corrected chi connectivity index (χ3v) is 7.16. The summed E-state index contributed by atoms with van der Waals surface area (Å²) in [4.78, 5) is 28.2. The zero-order valence-electron chi connectivity index (χ0n) is 22.0. The van der Waals surface area contributed by atoms with Gasteiger partial charge in [0.1, 0.15) is 53.8 Å².